The molecule has 4 aromatic rings. The number of nitro groups is 1. The summed E-state index contributed by atoms with van der Waals surface area (Å²) < 4.78 is 3.70. The molecule has 0 spiro atoms. The maximum atomic E-state index is 12.3. The van der Waals surface area contributed by atoms with Crippen molar-refractivity contribution >= 4 is 23.3 Å². The van der Waals surface area contributed by atoms with Crippen molar-refractivity contribution < 1.29 is 34.6 Å². The maximum absolute atomic E-state index is 12.3. The van der Waals surface area contributed by atoms with Crippen molar-refractivity contribution in [2.45, 2.75) is 6.92 Å². The van der Waals surface area contributed by atoms with Gasteiger partial charge in [-0.1, -0.05) is 48.2 Å². The Kier molecular flexibility index (Phi) is 7.43. The minimum atomic E-state index is -0.718. The minimum absolute atomic E-state index is 0. The van der Waals surface area contributed by atoms with E-state index in [1.807, 2.05) is 53.7 Å². The molecule has 0 aliphatic heterocycles. The number of rotatable bonds is 5. The van der Waals surface area contributed by atoms with Crippen molar-refractivity contribution in [2.75, 3.05) is 0 Å². The van der Waals surface area contributed by atoms with Crippen LogP contribution in [0, 0.1) is 17.0 Å². The summed E-state index contributed by atoms with van der Waals surface area (Å²) in [5.41, 5.74) is 2.70. The van der Waals surface area contributed by atoms with Crippen molar-refractivity contribution in [3.8, 4) is 17.2 Å². The number of aliphatic imine (C=N–C) groups is 1. The third kappa shape index (κ3) is 4.82. The van der Waals surface area contributed by atoms with Gasteiger partial charge < -0.3 is 10.2 Å². The van der Waals surface area contributed by atoms with E-state index in [1.165, 1.54) is 18.3 Å². The molecule has 4 rings (SSSR count). The minimum Gasteiger partial charge on any atom is -0.871 e. The van der Waals surface area contributed by atoms with Crippen LogP contribution < -0.4 is 15.7 Å². The average molecular weight is 507 g/mol. The first kappa shape index (κ1) is 24.6. The van der Waals surface area contributed by atoms with Crippen LogP contribution in [0.25, 0.3) is 5.69 Å². The molecule has 0 aliphatic carbocycles. The van der Waals surface area contributed by atoms with Crippen molar-refractivity contribution in [3.63, 3.8) is 0 Å². The molecule has 34 heavy (non-hydrogen) atoms. The summed E-state index contributed by atoms with van der Waals surface area (Å²) in [4.78, 5) is 19.4. The van der Waals surface area contributed by atoms with E-state index in [1.54, 1.807) is 18.2 Å². The van der Waals surface area contributed by atoms with Gasteiger partial charge in [0.05, 0.1) is 22.0 Å². The smallest absolute Gasteiger partial charge is 0.871 e. The third-order valence-electron chi connectivity index (χ3n) is 5.16. The van der Waals surface area contributed by atoms with E-state index in [2.05, 4.69) is 9.98 Å². The Balaban J connectivity index is 0.00000324. The second kappa shape index (κ2) is 10.3. The van der Waals surface area contributed by atoms with Crippen molar-refractivity contribution in [3.05, 3.63) is 99.7 Å². The topological polar surface area (TPSA) is 124 Å². The number of benzene rings is 3. The number of nitro benzene ring substituents is 1. The Bertz CT molecular complexity index is 1440. The van der Waals surface area contributed by atoms with Gasteiger partial charge in [-0.25, -0.2) is 9.67 Å². The monoisotopic (exact) mass is 505 g/mol. The van der Waals surface area contributed by atoms with E-state index < -0.39 is 16.4 Å². The van der Waals surface area contributed by atoms with Crippen LogP contribution in [0.4, 0.5) is 17.1 Å². The van der Waals surface area contributed by atoms with Gasteiger partial charge in [0, 0.05) is 19.3 Å². The van der Waals surface area contributed by atoms with Crippen LogP contribution >= 0.6 is 0 Å². The summed E-state index contributed by atoms with van der Waals surface area (Å²) in [6.07, 6.45) is 1.45. The van der Waals surface area contributed by atoms with E-state index in [0.717, 1.165) is 23.5 Å². The molecule has 0 bridgehead atoms. The van der Waals surface area contributed by atoms with Crippen molar-refractivity contribution in [1.29, 1.82) is 0 Å². The Labute approximate surface area is 207 Å². The number of hydrogen-bond donors (Lipinski definition) is 0. The van der Waals surface area contributed by atoms with Crippen LogP contribution in [0.3, 0.4) is 0 Å². The molecule has 0 saturated heterocycles. The first-order chi connectivity index (χ1) is 15.9. The van der Waals surface area contributed by atoms with Gasteiger partial charge in [-0.2, -0.15) is 0 Å². The van der Waals surface area contributed by atoms with Crippen LogP contribution in [-0.2, 0) is 26.5 Å². The third-order valence-corrected chi connectivity index (χ3v) is 5.16. The molecule has 3 aromatic carbocycles. The van der Waals surface area contributed by atoms with Gasteiger partial charge in [0.2, 0.25) is 0 Å². The molecule has 9 nitrogen and oxygen atoms in total. The zero-order valence-corrected chi connectivity index (χ0v) is 21.5. The fraction of sp³-hybridized carbons (Fsp3) is 0.0833. The number of hydrogen-bond acceptors (Lipinski definition) is 6. The summed E-state index contributed by atoms with van der Waals surface area (Å²) in [6, 6.07) is 19.7. The predicted octanol–water partition coefficient (Wildman–Crippen LogP) is 3.16. The van der Waals surface area contributed by atoms with Crippen molar-refractivity contribution in [2.24, 2.45) is 17.0 Å². The van der Waals surface area contributed by atoms with Gasteiger partial charge in [0.1, 0.15) is 5.69 Å². The fourth-order valence-electron chi connectivity index (χ4n) is 3.39. The molecule has 0 aliphatic rings. The van der Waals surface area contributed by atoms with E-state index in [0.29, 0.717) is 16.7 Å². The molecule has 1 heterocycles. The number of para-hydroxylation sites is 3. The van der Waals surface area contributed by atoms with Gasteiger partial charge >= 0.3 is 19.5 Å². The Hall–Kier alpha value is -4.04. The first-order valence-corrected chi connectivity index (χ1v) is 10.0. The summed E-state index contributed by atoms with van der Waals surface area (Å²) in [7, 11) is 1.85. The molecule has 0 N–H and O–H groups in total. The zero-order chi connectivity index (χ0) is 23.5. The molecule has 0 atom stereocenters. The second-order valence-electron chi connectivity index (χ2n) is 7.25. The fourth-order valence-corrected chi connectivity index (χ4v) is 3.39. The molecule has 0 saturated carbocycles. The van der Waals surface area contributed by atoms with E-state index in [4.69, 9.17) is 0 Å². The molecule has 1 aromatic heterocycles. The first-order valence-electron chi connectivity index (χ1n) is 10.0. The predicted molar refractivity (Wildman–Crippen MR) is 120 cm³/mol. The van der Waals surface area contributed by atoms with Crippen LogP contribution in [-0.4, -0.2) is 20.5 Å². The largest absolute Gasteiger partial charge is 2.00 e. The zero-order valence-electron chi connectivity index (χ0n) is 18.6. The number of nitrogens with zero attached hydrogens (tertiary/aromatic N) is 5. The molecule has 0 amide bonds. The van der Waals surface area contributed by atoms with Crippen molar-refractivity contribution in [1.82, 2.24) is 9.36 Å². The van der Waals surface area contributed by atoms with Crippen LogP contribution in [0.5, 0.6) is 11.5 Å². The van der Waals surface area contributed by atoms with E-state index in [-0.39, 0.29) is 30.9 Å². The quantitative estimate of drug-likeness (QED) is 0.178. The Morgan fingerprint density at radius 2 is 1.62 bits per heavy atom. The van der Waals surface area contributed by atoms with E-state index in [9.17, 15) is 20.3 Å². The summed E-state index contributed by atoms with van der Waals surface area (Å²) in [5, 5.41) is 35.2. The standard InChI is InChI=1S/C24H21N5O4.Zn/c1-16-23(25-15-17-12-13-20(29(32)33)22(31)14-17)24(26-19-10-6-7-11-21(19)30)28(27(16)2)18-8-4-3-5-9-18;/h3-15,30-31H,1-2H3;/q;+2/p-2. The molecular weight excluding hydrogens is 488 g/mol. The SMILES string of the molecule is Cc1c(N=Cc2ccc([N+](=O)[O-])c([O-])c2)c(=Nc2ccccc2[O-])n(-c2ccccc2)n1C.[Zn+2]. The van der Waals surface area contributed by atoms with Crippen LogP contribution in [0.2, 0.25) is 0 Å². The molecular formula is C24H19N5O4Zn. The van der Waals surface area contributed by atoms with Crippen LogP contribution in [0.15, 0.2) is 82.8 Å². The van der Waals surface area contributed by atoms with Gasteiger partial charge in [0.25, 0.3) is 5.69 Å². The van der Waals surface area contributed by atoms with Crippen LogP contribution in [0.1, 0.15) is 11.3 Å². The van der Waals surface area contributed by atoms with Gasteiger partial charge in [-0.05, 0) is 42.5 Å². The molecule has 10 heteroatoms. The van der Waals surface area contributed by atoms with Gasteiger partial charge in [-0.3, -0.25) is 19.8 Å². The Morgan fingerprint density at radius 1 is 0.941 bits per heavy atom. The normalized spacial score (nSPS) is 11.5. The second-order valence-corrected chi connectivity index (χ2v) is 7.25. The molecule has 0 unspecified atom stereocenters. The summed E-state index contributed by atoms with van der Waals surface area (Å²) in [6.45, 7) is 1.86. The molecule has 0 radical (unpaired) electrons. The van der Waals surface area contributed by atoms with E-state index >= 15 is 0 Å². The number of aromatic nitrogens is 2. The van der Waals surface area contributed by atoms with Gasteiger partial charge in [0.15, 0.2) is 5.49 Å². The summed E-state index contributed by atoms with van der Waals surface area (Å²) >= 11 is 0. The van der Waals surface area contributed by atoms with Gasteiger partial charge in [-0.15, -0.1) is 0 Å². The average Bonchev–Trinajstić information content (AvgIpc) is 3.03. The molecule has 0 fully saturated rings. The Morgan fingerprint density at radius 3 is 2.26 bits per heavy atom. The summed E-state index contributed by atoms with van der Waals surface area (Å²) in [5.74, 6) is -0.918. The molecule has 166 valence electrons. The maximum Gasteiger partial charge on any atom is 2.00 e.